The maximum Gasteiger partial charge on any atom is -0.0260 e. The molecule has 0 spiro atoms. The Balaban J connectivity index is 3.81. The van der Waals surface area contributed by atoms with Crippen LogP contribution in [0.4, 0.5) is 0 Å². The van der Waals surface area contributed by atoms with Gasteiger partial charge in [-0.15, -0.1) is 6.58 Å². The molecule has 0 bridgehead atoms. The van der Waals surface area contributed by atoms with Gasteiger partial charge in [0, 0.05) is 0 Å². The lowest BCUT2D eigenvalue weighted by atomic mass is 9.97. The minimum absolute atomic E-state index is 0.694. The van der Waals surface area contributed by atoms with Gasteiger partial charge in [-0.05, 0) is 32.6 Å². The van der Waals surface area contributed by atoms with Gasteiger partial charge in [0.15, 0.2) is 0 Å². The van der Waals surface area contributed by atoms with E-state index < -0.39 is 0 Å². The molecule has 0 aromatic rings. The van der Waals surface area contributed by atoms with Crippen molar-refractivity contribution in [2.24, 2.45) is 5.92 Å². The van der Waals surface area contributed by atoms with Gasteiger partial charge in [-0.3, -0.25) is 0 Å². The summed E-state index contributed by atoms with van der Waals surface area (Å²) in [7, 11) is 0. The standard InChI is InChI=1S/C11H20/c1-6-11(10(4)5)8-7-9(2)3/h6,10H,2,7-8H2,1,3-5H3/b11-6-. The molecule has 0 N–H and O–H groups in total. The molecule has 0 aromatic heterocycles. The first-order valence-corrected chi connectivity index (χ1v) is 4.37. The van der Waals surface area contributed by atoms with Crippen molar-refractivity contribution in [2.45, 2.75) is 40.5 Å². The second kappa shape index (κ2) is 5.17. The fourth-order valence-electron chi connectivity index (χ4n) is 1.12. The van der Waals surface area contributed by atoms with Crippen molar-refractivity contribution < 1.29 is 0 Å². The molecule has 11 heavy (non-hydrogen) atoms. The summed E-state index contributed by atoms with van der Waals surface area (Å²) >= 11 is 0. The van der Waals surface area contributed by atoms with Crippen LogP contribution in [0.3, 0.4) is 0 Å². The van der Waals surface area contributed by atoms with E-state index in [1.54, 1.807) is 5.57 Å². The number of hydrogen-bond acceptors (Lipinski definition) is 0. The van der Waals surface area contributed by atoms with Crippen LogP contribution in [0.2, 0.25) is 0 Å². The van der Waals surface area contributed by atoms with Crippen LogP contribution in [0.5, 0.6) is 0 Å². The minimum atomic E-state index is 0.694. The highest BCUT2D eigenvalue weighted by Gasteiger charge is 2.00. The zero-order valence-corrected chi connectivity index (χ0v) is 8.28. The first-order valence-electron chi connectivity index (χ1n) is 4.37. The fraction of sp³-hybridized carbons (Fsp3) is 0.636. The summed E-state index contributed by atoms with van der Waals surface area (Å²) in [5, 5.41) is 0. The summed E-state index contributed by atoms with van der Waals surface area (Å²) in [4.78, 5) is 0. The zero-order chi connectivity index (χ0) is 8.85. The van der Waals surface area contributed by atoms with Crippen molar-refractivity contribution in [3.8, 4) is 0 Å². The molecule has 0 atom stereocenters. The van der Waals surface area contributed by atoms with Gasteiger partial charge in [0.25, 0.3) is 0 Å². The topological polar surface area (TPSA) is 0 Å². The normalized spacial score (nSPS) is 12.3. The monoisotopic (exact) mass is 152 g/mol. The van der Waals surface area contributed by atoms with E-state index in [-0.39, 0.29) is 0 Å². The summed E-state index contributed by atoms with van der Waals surface area (Å²) < 4.78 is 0. The van der Waals surface area contributed by atoms with Crippen LogP contribution in [-0.2, 0) is 0 Å². The maximum absolute atomic E-state index is 3.89. The van der Waals surface area contributed by atoms with Gasteiger partial charge in [0.1, 0.15) is 0 Å². The van der Waals surface area contributed by atoms with Crippen LogP contribution in [0, 0.1) is 5.92 Å². The molecule has 64 valence electrons. The van der Waals surface area contributed by atoms with Gasteiger partial charge in [-0.2, -0.15) is 0 Å². The van der Waals surface area contributed by atoms with Gasteiger partial charge < -0.3 is 0 Å². The smallest absolute Gasteiger partial charge is 0.0260 e. The molecule has 0 radical (unpaired) electrons. The molecule has 0 fully saturated rings. The number of allylic oxidation sites excluding steroid dienone is 3. The van der Waals surface area contributed by atoms with Crippen molar-refractivity contribution in [3.63, 3.8) is 0 Å². The summed E-state index contributed by atoms with van der Waals surface area (Å²) in [6.07, 6.45) is 4.55. The molecule has 0 saturated carbocycles. The predicted molar refractivity (Wildman–Crippen MR) is 52.6 cm³/mol. The van der Waals surface area contributed by atoms with Crippen molar-refractivity contribution in [3.05, 3.63) is 23.8 Å². The zero-order valence-electron chi connectivity index (χ0n) is 8.28. The van der Waals surface area contributed by atoms with E-state index >= 15 is 0 Å². The highest BCUT2D eigenvalue weighted by atomic mass is 14.1. The third-order valence-electron chi connectivity index (χ3n) is 1.95. The van der Waals surface area contributed by atoms with E-state index in [2.05, 4.69) is 40.3 Å². The second-order valence-corrected chi connectivity index (χ2v) is 3.48. The van der Waals surface area contributed by atoms with Gasteiger partial charge >= 0.3 is 0 Å². The Hall–Kier alpha value is -0.520. The number of rotatable bonds is 4. The van der Waals surface area contributed by atoms with Gasteiger partial charge in [-0.25, -0.2) is 0 Å². The predicted octanol–water partition coefficient (Wildman–Crippen LogP) is 3.95. The largest absolute Gasteiger partial charge is 0.100 e. The molecule has 0 rings (SSSR count). The Morgan fingerprint density at radius 3 is 2.18 bits per heavy atom. The van der Waals surface area contributed by atoms with Crippen molar-refractivity contribution in [1.29, 1.82) is 0 Å². The average Bonchev–Trinajstić information content (AvgIpc) is 1.87. The van der Waals surface area contributed by atoms with E-state index in [9.17, 15) is 0 Å². The Bertz CT molecular complexity index is 149. The summed E-state index contributed by atoms with van der Waals surface area (Å²) in [6.45, 7) is 12.6. The lowest BCUT2D eigenvalue weighted by Gasteiger charge is -2.09. The van der Waals surface area contributed by atoms with Crippen LogP contribution in [-0.4, -0.2) is 0 Å². The van der Waals surface area contributed by atoms with Crippen molar-refractivity contribution in [1.82, 2.24) is 0 Å². The van der Waals surface area contributed by atoms with Crippen LogP contribution in [0.1, 0.15) is 40.5 Å². The SMILES string of the molecule is C=C(C)CC/C(=C/C)C(C)C. The van der Waals surface area contributed by atoms with E-state index in [1.165, 1.54) is 12.0 Å². The molecule has 0 aromatic carbocycles. The van der Waals surface area contributed by atoms with E-state index in [0.717, 1.165) is 6.42 Å². The second-order valence-electron chi connectivity index (χ2n) is 3.48. The Morgan fingerprint density at radius 2 is 1.91 bits per heavy atom. The summed E-state index contributed by atoms with van der Waals surface area (Å²) in [5.74, 6) is 0.694. The highest BCUT2D eigenvalue weighted by Crippen LogP contribution is 2.17. The Labute approximate surface area is 71.0 Å². The summed E-state index contributed by atoms with van der Waals surface area (Å²) in [6, 6.07) is 0. The highest BCUT2D eigenvalue weighted by molar-refractivity contribution is 5.06. The van der Waals surface area contributed by atoms with Gasteiger partial charge in [0.2, 0.25) is 0 Å². The third-order valence-corrected chi connectivity index (χ3v) is 1.95. The Kier molecular flexibility index (Phi) is 4.93. The van der Waals surface area contributed by atoms with E-state index in [0.29, 0.717) is 5.92 Å². The van der Waals surface area contributed by atoms with Crippen LogP contribution in [0.15, 0.2) is 23.8 Å². The third kappa shape index (κ3) is 4.83. The van der Waals surface area contributed by atoms with Crippen molar-refractivity contribution in [2.75, 3.05) is 0 Å². The lowest BCUT2D eigenvalue weighted by molar-refractivity contribution is 0.706. The van der Waals surface area contributed by atoms with E-state index in [4.69, 9.17) is 0 Å². The Morgan fingerprint density at radius 1 is 1.36 bits per heavy atom. The molecule has 0 aliphatic rings. The molecular weight excluding hydrogens is 132 g/mol. The summed E-state index contributed by atoms with van der Waals surface area (Å²) in [5.41, 5.74) is 2.83. The van der Waals surface area contributed by atoms with Crippen molar-refractivity contribution >= 4 is 0 Å². The molecular formula is C11H20. The molecule has 0 saturated heterocycles. The molecule has 0 aliphatic carbocycles. The minimum Gasteiger partial charge on any atom is -0.100 e. The quantitative estimate of drug-likeness (QED) is 0.535. The van der Waals surface area contributed by atoms with Gasteiger partial charge in [0.05, 0.1) is 0 Å². The first-order chi connectivity index (χ1) is 5.07. The van der Waals surface area contributed by atoms with Crippen LogP contribution < -0.4 is 0 Å². The molecule has 0 unspecified atom stereocenters. The fourth-order valence-corrected chi connectivity index (χ4v) is 1.12. The molecule has 0 nitrogen and oxygen atoms in total. The lowest BCUT2D eigenvalue weighted by Crippen LogP contribution is -1.93. The first kappa shape index (κ1) is 10.5. The molecule has 0 amide bonds. The van der Waals surface area contributed by atoms with Crippen LogP contribution in [0.25, 0.3) is 0 Å². The number of hydrogen-bond donors (Lipinski definition) is 0. The van der Waals surface area contributed by atoms with E-state index in [1.807, 2.05) is 0 Å². The molecule has 0 aliphatic heterocycles. The molecule has 0 heteroatoms. The maximum atomic E-state index is 3.89. The average molecular weight is 152 g/mol. The van der Waals surface area contributed by atoms with Crippen LogP contribution >= 0.6 is 0 Å². The van der Waals surface area contributed by atoms with Gasteiger partial charge in [-0.1, -0.05) is 31.1 Å². The molecule has 0 heterocycles.